The molecule has 1 atom stereocenters. The Hall–Kier alpha value is -3.01. The SMILES string of the molecule is CCOC(=O)C1=C(C)OC(N)=C(C#N)C1c1cccc(F)c1OC. The highest BCUT2D eigenvalue weighted by Gasteiger charge is 2.38. The van der Waals surface area contributed by atoms with Crippen molar-refractivity contribution in [3.63, 3.8) is 0 Å². The first-order valence-electron chi connectivity index (χ1n) is 7.24. The lowest BCUT2D eigenvalue weighted by Gasteiger charge is -2.27. The number of ether oxygens (including phenoxy) is 3. The molecule has 0 fully saturated rings. The third-order valence-electron chi connectivity index (χ3n) is 3.61. The molecule has 0 aliphatic carbocycles. The van der Waals surface area contributed by atoms with Crippen LogP contribution in [0.3, 0.4) is 0 Å². The molecule has 0 saturated heterocycles. The molecule has 1 aliphatic heterocycles. The van der Waals surface area contributed by atoms with Gasteiger partial charge in [0.1, 0.15) is 17.4 Å². The molecule has 1 unspecified atom stereocenters. The summed E-state index contributed by atoms with van der Waals surface area (Å²) in [6, 6.07) is 6.18. The van der Waals surface area contributed by atoms with Crippen molar-refractivity contribution < 1.29 is 23.4 Å². The Morgan fingerprint density at radius 1 is 1.50 bits per heavy atom. The molecule has 1 aromatic rings. The third-order valence-corrected chi connectivity index (χ3v) is 3.61. The second kappa shape index (κ2) is 7.04. The first-order chi connectivity index (χ1) is 11.5. The number of allylic oxidation sites excluding steroid dienone is 2. The van der Waals surface area contributed by atoms with Gasteiger partial charge in [-0.3, -0.25) is 0 Å². The van der Waals surface area contributed by atoms with Crippen LogP contribution in [0.1, 0.15) is 25.3 Å². The van der Waals surface area contributed by atoms with Crippen molar-refractivity contribution in [3.8, 4) is 11.8 Å². The highest BCUT2D eigenvalue weighted by molar-refractivity contribution is 5.92. The van der Waals surface area contributed by atoms with E-state index >= 15 is 0 Å². The molecule has 0 amide bonds. The summed E-state index contributed by atoms with van der Waals surface area (Å²) < 4.78 is 29.6. The van der Waals surface area contributed by atoms with E-state index < -0.39 is 17.7 Å². The second-order valence-electron chi connectivity index (χ2n) is 4.98. The summed E-state index contributed by atoms with van der Waals surface area (Å²) in [5.41, 5.74) is 6.16. The van der Waals surface area contributed by atoms with E-state index in [0.29, 0.717) is 5.56 Å². The highest BCUT2D eigenvalue weighted by atomic mass is 19.1. The van der Waals surface area contributed by atoms with E-state index in [2.05, 4.69) is 0 Å². The van der Waals surface area contributed by atoms with E-state index in [0.717, 1.165) is 0 Å². The fourth-order valence-corrected chi connectivity index (χ4v) is 2.63. The summed E-state index contributed by atoms with van der Waals surface area (Å²) >= 11 is 0. The molecule has 126 valence electrons. The quantitative estimate of drug-likeness (QED) is 0.851. The van der Waals surface area contributed by atoms with Gasteiger partial charge in [0.2, 0.25) is 5.88 Å². The maximum atomic E-state index is 14.1. The molecule has 0 radical (unpaired) electrons. The average Bonchev–Trinajstić information content (AvgIpc) is 2.54. The molecule has 7 heteroatoms. The molecular weight excluding hydrogens is 315 g/mol. The normalized spacial score (nSPS) is 17.2. The Balaban J connectivity index is 2.72. The lowest BCUT2D eigenvalue weighted by atomic mass is 9.82. The number of carbonyl (C=O) groups is 1. The van der Waals surface area contributed by atoms with Crippen LogP contribution in [-0.4, -0.2) is 19.7 Å². The highest BCUT2D eigenvalue weighted by Crippen LogP contribution is 2.43. The van der Waals surface area contributed by atoms with Crippen molar-refractivity contribution in [1.82, 2.24) is 0 Å². The largest absolute Gasteiger partial charge is 0.493 e. The minimum Gasteiger partial charge on any atom is -0.493 e. The van der Waals surface area contributed by atoms with Crippen molar-refractivity contribution in [3.05, 3.63) is 52.4 Å². The summed E-state index contributed by atoms with van der Waals surface area (Å²) in [6.07, 6.45) is 0. The van der Waals surface area contributed by atoms with Crippen LogP contribution in [0.2, 0.25) is 0 Å². The summed E-state index contributed by atoms with van der Waals surface area (Å²) in [4.78, 5) is 12.4. The molecule has 1 heterocycles. The topological polar surface area (TPSA) is 94.6 Å². The number of hydrogen-bond acceptors (Lipinski definition) is 6. The van der Waals surface area contributed by atoms with Gasteiger partial charge >= 0.3 is 5.97 Å². The molecule has 2 rings (SSSR count). The van der Waals surface area contributed by atoms with Gasteiger partial charge < -0.3 is 19.9 Å². The predicted octanol–water partition coefficient (Wildman–Crippen LogP) is 2.48. The van der Waals surface area contributed by atoms with Crippen molar-refractivity contribution in [2.24, 2.45) is 5.73 Å². The van der Waals surface area contributed by atoms with E-state index in [9.17, 15) is 14.4 Å². The fourth-order valence-electron chi connectivity index (χ4n) is 2.63. The van der Waals surface area contributed by atoms with E-state index in [1.165, 1.54) is 26.2 Å². The van der Waals surface area contributed by atoms with Crippen LogP contribution in [0, 0.1) is 17.1 Å². The zero-order valence-electron chi connectivity index (χ0n) is 13.6. The minimum absolute atomic E-state index is 0.00690. The van der Waals surface area contributed by atoms with Crippen LogP contribution in [-0.2, 0) is 14.3 Å². The fraction of sp³-hybridized carbons (Fsp3) is 0.294. The lowest BCUT2D eigenvalue weighted by Crippen LogP contribution is -2.26. The van der Waals surface area contributed by atoms with Crippen molar-refractivity contribution in [1.29, 1.82) is 5.26 Å². The van der Waals surface area contributed by atoms with Gasteiger partial charge in [-0.1, -0.05) is 12.1 Å². The van der Waals surface area contributed by atoms with Gasteiger partial charge in [-0.05, 0) is 19.9 Å². The van der Waals surface area contributed by atoms with Crippen molar-refractivity contribution in [2.45, 2.75) is 19.8 Å². The van der Waals surface area contributed by atoms with Gasteiger partial charge in [0, 0.05) is 5.56 Å². The molecule has 24 heavy (non-hydrogen) atoms. The number of para-hydroxylation sites is 1. The Bertz CT molecular complexity index is 777. The maximum absolute atomic E-state index is 14.1. The van der Waals surface area contributed by atoms with E-state index in [1.807, 2.05) is 6.07 Å². The van der Waals surface area contributed by atoms with Gasteiger partial charge in [-0.25, -0.2) is 9.18 Å². The van der Waals surface area contributed by atoms with Gasteiger partial charge in [0.25, 0.3) is 0 Å². The summed E-state index contributed by atoms with van der Waals surface area (Å²) in [5.74, 6) is -2.22. The zero-order valence-corrected chi connectivity index (χ0v) is 13.6. The lowest BCUT2D eigenvalue weighted by molar-refractivity contribution is -0.139. The number of esters is 1. The molecule has 0 bridgehead atoms. The van der Waals surface area contributed by atoms with E-state index in [-0.39, 0.29) is 35.1 Å². The van der Waals surface area contributed by atoms with E-state index in [4.69, 9.17) is 19.9 Å². The molecule has 0 spiro atoms. The molecule has 0 aromatic heterocycles. The van der Waals surface area contributed by atoms with Crippen LogP contribution in [0.25, 0.3) is 0 Å². The number of benzene rings is 1. The zero-order chi connectivity index (χ0) is 17.9. The Labute approximate surface area is 138 Å². The van der Waals surface area contributed by atoms with Crippen molar-refractivity contribution in [2.75, 3.05) is 13.7 Å². The van der Waals surface area contributed by atoms with Crippen LogP contribution in [0.5, 0.6) is 5.75 Å². The molecule has 6 nitrogen and oxygen atoms in total. The van der Waals surface area contributed by atoms with Gasteiger partial charge in [-0.2, -0.15) is 5.26 Å². The van der Waals surface area contributed by atoms with Crippen molar-refractivity contribution >= 4 is 5.97 Å². The molecule has 1 aliphatic rings. The Kier molecular flexibility index (Phi) is 5.09. The average molecular weight is 332 g/mol. The first kappa shape index (κ1) is 17.3. The standard InChI is InChI=1S/C17H17FN2O4/c1-4-23-17(21)13-9(2)24-16(20)11(8-19)14(13)10-6-5-7-12(18)15(10)22-3/h5-7,14H,4,20H2,1-3H3. The van der Waals surface area contributed by atoms with Crippen LogP contribution in [0.15, 0.2) is 41.0 Å². The Morgan fingerprint density at radius 2 is 2.21 bits per heavy atom. The van der Waals surface area contributed by atoms with Gasteiger partial charge in [-0.15, -0.1) is 0 Å². The van der Waals surface area contributed by atoms with E-state index in [1.54, 1.807) is 13.0 Å². The summed E-state index contributed by atoms with van der Waals surface area (Å²) in [7, 11) is 1.31. The molecular formula is C17H17FN2O4. The number of nitrogens with two attached hydrogens (primary N) is 1. The first-order valence-corrected chi connectivity index (χ1v) is 7.24. The monoisotopic (exact) mass is 332 g/mol. The number of carbonyl (C=O) groups excluding carboxylic acids is 1. The smallest absolute Gasteiger partial charge is 0.338 e. The maximum Gasteiger partial charge on any atom is 0.338 e. The molecule has 1 aromatic carbocycles. The Morgan fingerprint density at radius 3 is 2.79 bits per heavy atom. The van der Waals surface area contributed by atoms with Crippen LogP contribution >= 0.6 is 0 Å². The molecule has 2 N–H and O–H groups in total. The minimum atomic E-state index is -0.937. The number of methoxy groups -OCH3 is 1. The third kappa shape index (κ3) is 2.91. The number of rotatable bonds is 4. The van der Waals surface area contributed by atoms with Gasteiger partial charge in [0.15, 0.2) is 11.6 Å². The predicted molar refractivity (Wildman–Crippen MR) is 82.9 cm³/mol. The van der Waals surface area contributed by atoms with Crippen LogP contribution < -0.4 is 10.5 Å². The summed E-state index contributed by atoms with van der Waals surface area (Å²) in [6.45, 7) is 3.33. The second-order valence-corrected chi connectivity index (χ2v) is 4.98. The number of hydrogen-bond donors (Lipinski definition) is 1. The number of halogens is 1. The molecule has 0 saturated carbocycles. The summed E-state index contributed by atoms with van der Waals surface area (Å²) in [5, 5.41) is 9.46. The van der Waals surface area contributed by atoms with Gasteiger partial charge in [0.05, 0.1) is 25.2 Å². The number of nitriles is 1. The number of nitrogens with zero attached hydrogens (tertiary/aromatic N) is 1. The van der Waals surface area contributed by atoms with Crippen LogP contribution in [0.4, 0.5) is 4.39 Å².